The molecule has 0 amide bonds. The molecule has 3 aromatic rings. The molecule has 30 heavy (non-hydrogen) atoms. The first-order chi connectivity index (χ1) is 14.3. The molecule has 0 radical (unpaired) electrons. The van der Waals surface area contributed by atoms with Gasteiger partial charge >= 0.3 is 6.18 Å². The molecular formula is C20H23F3N6O. The van der Waals surface area contributed by atoms with Gasteiger partial charge in [-0.05, 0) is 31.0 Å². The highest BCUT2D eigenvalue weighted by molar-refractivity contribution is 5.48. The van der Waals surface area contributed by atoms with E-state index in [0.717, 1.165) is 38.3 Å². The van der Waals surface area contributed by atoms with Gasteiger partial charge in [0.25, 0.3) is 11.6 Å². The number of fused-ring (bicyclic) bond motifs is 1. The van der Waals surface area contributed by atoms with Crippen LogP contribution in [0.1, 0.15) is 23.5 Å². The molecule has 0 spiro atoms. The van der Waals surface area contributed by atoms with E-state index in [9.17, 15) is 13.2 Å². The number of hydrogen-bond donors (Lipinski definition) is 0. The molecule has 0 N–H and O–H groups in total. The first-order valence-corrected chi connectivity index (χ1v) is 9.75. The van der Waals surface area contributed by atoms with Crippen LogP contribution >= 0.6 is 0 Å². The van der Waals surface area contributed by atoms with Crippen LogP contribution in [-0.4, -0.2) is 57.8 Å². The Morgan fingerprint density at radius 2 is 1.80 bits per heavy atom. The predicted octanol–water partition coefficient (Wildman–Crippen LogP) is 3.17. The Bertz CT molecular complexity index is 1020. The predicted molar refractivity (Wildman–Crippen MR) is 106 cm³/mol. The summed E-state index contributed by atoms with van der Waals surface area (Å²) in [5.74, 6) is 0.213. The summed E-state index contributed by atoms with van der Waals surface area (Å²) < 4.78 is 45.6. The molecule has 160 valence electrons. The zero-order valence-electron chi connectivity index (χ0n) is 16.9. The summed E-state index contributed by atoms with van der Waals surface area (Å²) in [6.45, 7) is 5.65. The smallest absolute Gasteiger partial charge is 0.453 e. The average molecular weight is 420 g/mol. The van der Waals surface area contributed by atoms with Crippen molar-refractivity contribution in [2.24, 2.45) is 0 Å². The maximum Gasteiger partial charge on any atom is 0.453 e. The maximum atomic E-state index is 13.1. The van der Waals surface area contributed by atoms with Gasteiger partial charge in [-0.25, -0.2) is 4.98 Å². The van der Waals surface area contributed by atoms with Crippen LogP contribution in [0.4, 0.5) is 19.0 Å². The molecule has 4 rings (SSSR count). The van der Waals surface area contributed by atoms with E-state index in [2.05, 4.69) is 24.9 Å². The quantitative estimate of drug-likeness (QED) is 0.646. The van der Waals surface area contributed by atoms with Crippen LogP contribution in [0.3, 0.4) is 0 Å². The lowest BCUT2D eigenvalue weighted by molar-refractivity contribution is -0.144. The molecule has 0 atom stereocenters. The molecule has 1 aliphatic heterocycles. The van der Waals surface area contributed by atoms with Gasteiger partial charge in [-0.2, -0.15) is 22.7 Å². The molecule has 0 saturated carbocycles. The third-order valence-electron chi connectivity index (χ3n) is 5.15. The lowest BCUT2D eigenvalue weighted by Gasteiger charge is -2.24. The lowest BCUT2D eigenvalue weighted by Crippen LogP contribution is -2.31. The van der Waals surface area contributed by atoms with Crippen LogP contribution in [0.5, 0.6) is 5.75 Å². The van der Waals surface area contributed by atoms with Gasteiger partial charge in [0, 0.05) is 44.5 Å². The Morgan fingerprint density at radius 3 is 2.50 bits per heavy atom. The molecule has 0 bridgehead atoms. The van der Waals surface area contributed by atoms with Crippen molar-refractivity contribution in [1.82, 2.24) is 24.5 Å². The third-order valence-corrected chi connectivity index (χ3v) is 5.15. The first-order valence-electron chi connectivity index (χ1n) is 9.75. The highest BCUT2D eigenvalue weighted by atomic mass is 19.4. The van der Waals surface area contributed by atoms with Gasteiger partial charge in [-0.3, -0.25) is 4.90 Å². The normalized spacial score (nSPS) is 16.1. The second-order valence-corrected chi connectivity index (χ2v) is 7.37. The molecule has 1 aromatic carbocycles. The number of nitrogens with zero attached hydrogens (tertiary/aromatic N) is 6. The van der Waals surface area contributed by atoms with Crippen molar-refractivity contribution in [1.29, 1.82) is 0 Å². The van der Waals surface area contributed by atoms with Crippen molar-refractivity contribution in [3.63, 3.8) is 0 Å². The summed E-state index contributed by atoms with van der Waals surface area (Å²) in [7, 11) is 1.64. The minimum absolute atomic E-state index is 0.0309. The van der Waals surface area contributed by atoms with Gasteiger partial charge in [-0.1, -0.05) is 12.1 Å². The number of halogens is 3. The third kappa shape index (κ3) is 4.33. The number of aryl methyl sites for hydroxylation is 1. The maximum absolute atomic E-state index is 13.1. The van der Waals surface area contributed by atoms with E-state index in [1.165, 1.54) is 10.1 Å². The van der Waals surface area contributed by atoms with Crippen molar-refractivity contribution in [3.05, 3.63) is 47.4 Å². The zero-order valence-corrected chi connectivity index (χ0v) is 16.9. The van der Waals surface area contributed by atoms with Crippen molar-refractivity contribution in [3.8, 4) is 5.75 Å². The number of aromatic nitrogens is 4. The van der Waals surface area contributed by atoms with Crippen LogP contribution in [0.2, 0.25) is 0 Å². The Balaban J connectivity index is 1.52. The fraction of sp³-hybridized carbons (Fsp3) is 0.450. The minimum atomic E-state index is -4.60. The SMILES string of the molecule is COc1ccc(CN2CCCN(c3cc(C)nc4nc(C(F)(F)F)nn34)CC2)cc1. The molecule has 3 heterocycles. The molecule has 7 nitrogen and oxygen atoms in total. The van der Waals surface area contributed by atoms with Gasteiger partial charge in [0.05, 0.1) is 7.11 Å². The lowest BCUT2D eigenvalue weighted by atomic mass is 10.2. The number of anilines is 1. The number of benzene rings is 1. The van der Waals surface area contributed by atoms with Crippen LogP contribution in [0.15, 0.2) is 30.3 Å². The summed E-state index contributed by atoms with van der Waals surface area (Å²) in [4.78, 5) is 12.1. The minimum Gasteiger partial charge on any atom is -0.497 e. The number of alkyl halides is 3. The van der Waals surface area contributed by atoms with Crippen LogP contribution < -0.4 is 9.64 Å². The fourth-order valence-electron chi connectivity index (χ4n) is 3.66. The van der Waals surface area contributed by atoms with E-state index in [-0.39, 0.29) is 5.78 Å². The molecule has 1 aliphatic rings. The van der Waals surface area contributed by atoms with Crippen LogP contribution in [0, 0.1) is 6.92 Å². The van der Waals surface area contributed by atoms with Gasteiger partial charge in [0.1, 0.15) is 11.6 Å². The molecule has 1 saturated heterocycles. The Morgan fingerprint density at radius 1 is 1.03 bits per heavy atom. The molecular weight excluding hydrogens is 397 g/mol. The van der Waals surface area contributed by atoms with E-state index in [1.807, 2.05) is 24.3 Å². The molecule has 0 unspecified atom stereocenters. The van der Waals surface area contributed by atoms with Crippen molar-refractivity contribution >= 4 is 11.6 Å². The van der Waals surface area contributed by atoms with E-state index < -0.39 is 12.0 Å². The van der Waals surface area contributed by atoms with Crippen molar-refractivity contribution in [2.45, 2.75) is 26.1 Å². The standard InChI is InChI=1S/C20H23F3N6O/c1-14-12-17(29-19(24-14)25-18(26-29)20(21,22)23)28-9-3-8-27(10-11-28)13-15-4-6-16(30-2)7-5-15/h4-7,12H,3,8-11,13H2,1-2H3. The monoisotopic (exact) mass is 420 g/mol. The van der Waals surface area contributed by atoms with Gasteiger partial charge in [0.2, 0.25) is 0 Å². The van der Waals surface area contributed by atoms with E-state index in [0.29, 0.717) is 18.1 Å². The van der Waals surface area contributed by atoms with E-state index in [1.54, 1.807) is 20.1 Å². The Kier molecular flexibility index (Phi) is 5.50. The summed E-state index contributed by atoms with van der Waals surface area (Å²) in [6.07, 6.45) is -3.72. The number of methoxy groups -OCH3 is 1. The zero-order chi connectivity index (χ0) is 21.3. The Hall–Kier alpha value is -2.88. The molecule has 10 heteroatoms. The molecule has 0 aliphatic carbocycles. The van der Waals surface area contributed by atoms with E-state index >= 15 is 0 Å². The second-order valence-electron chi connectivity index (χ2n) is 7.37. The summed E-state index contributed by atoms with van der Waals surface area (Å²) in [5.41, 5.74) is 1.80. The van der Waals surface area contributed by atoms with Gasteiger partial charge in [-0.15, -0.1) is 5.10 Å². The van der Waals surface area contributed by atoms with Gasteiger partial charge < -0.3 is 9.64 Å². The number of rotatable bonds is 4. The highest BCUT2D eigenvalue weighted by Crippen LogP contribution is 2.28. The van der Waals surface area contributed by atoms with Crippen LogP contribution in [0.25, 0.3) is 5.78 Å². The molecule has 1 fully saturated rings. The van der Waals surface area contributed by atoms with Gasteiger partial charge in [0.15, 0.2) is 0 Å². The summed E-state index contributed by atoms with van der Waals surface area (Å²) in [6, 6.07) is 9.75. The van der Waals surface area contributed by atoms with E-state index in [4.69, 9.17) is 4.74 Å². The Labute approximate surface area is 172 Å². The van der Waals surface area contributed by atoms with Crippen molar-refractivity contribution < 1.29 is 17.9 Å². The summed E-state index contributed by atoms with van der Waals surface area (Å²) in [5, 5.41) is 3.68. The summed E-state index contributed by atoms with van der Waals surface area (Å²) >= 11 is 0. The van der Waals surface area contributed by atoms with Crippen LogP contribution in [-0.2, 0) is 12.7 Å². The van der Waals surface area contributed by atoms with Crippen molar-refractivity contribution in [2.75, 3.05) is 38.2 Å². The first kappa shape index (κ1) is 20.4. The number of hydrogen-bond acceptors (Lipinski definition) is 6. The number of ether oxygens (including phenoxy) is 1. The second kappa shape index (κ2) is 8.10. The highest BCUT2D eigenvalue weighted by Gasteiger charge is 2.37. The molecule has 2 aromatic heterocycles. The average Bonchev–Trinajstić information content (AvgIpc) is 3.01. The largest absolute Gasteiger partial charge is 0.497 e. The topological polar surface area (TPSA) is 58.8 Å². The fourth-order valence-corrected chi connectivity index (χ4v) is 3.66.